The molecule has 0 aromatic carbocycles. The SMILES string of the molecule is O=C(N(Cc1cnc2ccccn12)Cc1cnc2ccccn12)C12CC3CC(CC(C3)C1)C2. The second-order valence-electron chi connectivity index (χ2n) is 10.7. The molecule has 1 amide bonds. The number of rotatable bonds is 5. The molecule has 4 bridgehead atoms. The predicted molar refractivity (Wildman–Crippen MR) is 125 cm³/mol. The highest BCUT2D eigenvalue weighted by molar-refractivity contribution is 5.83. The van der Waals surface area contributed by atoms with Gasteiger partial charge >= 0.3 is 0 Å². The van der Waals surface area contributed by atoms with Gasteiger partial charge in [-0.1, -0.05) is 12.1 Å². The molecule has 4 heterocycles. The Morgan fingerprint density at radius 3 is 1.79 bits per heavy atom. The van der Waals surface area contributed by atoms with Crippen molar-refractivity contribution in [1.29, 1.82) is 0 Å². The standard InChI is InChI=1S/C27H29N5O/c33-26(27-12-19-9-20(13-27)11-21(10-19)14-27)30(17-22-15-28-24-5-1-3-7-31(22)24)18-23-16-29-25-6-2-4-8-32(23)25/h1-8,15-16,19-21H,9-14,17-18H2. The molecule has 8 rings (SSSR count). The predicted octanol–water partition coefficient (Wildman–Crippen LogP) is 4.73. The van der Waals surface area contributed by atoms with Crippen molar-refractivity contribution in [2.24, 2.45) is 23.2 Å². The summed E-state index contributed by atoms with van der Waals surface area (Å²) < 4.78 is 4.21. The summed E-state index contributed by atoms with van der Waals surface area (Å²) in [6.45, 7) is 1.12. The molecule has 0 atom stereocenters. The Balaban J connectivity index is 1.27. The second-order valence-corrected chi connectivity index (χ2v) is 10.7. The van der Waals surface area contributed by atoms with Crippen LogP contribution >= 0.6 is 0 Å². The summed E-state index contributed by atoms with van der Waals surface area (Å²) in [6.07, 6.45) is 15.2. The maximum Gasteiger partial charge on any atom is 0.229 e. The fourth-order valence-corrected chi connectivity index (χ4v) is 7.50. The molecule has 33 heavy (non-hydrogen) atoms. The van der Waals surface area contributed by atoms with Crippen LogP contribution in [0.4, 0.5) is 0 Å². The van der Waals surface area contributed by atoms with Crippen LogP contribution in [-0.2, 0) is 17.9 Å². The van der Waals surface area contributed by atoms with Crippen LogP contribution in [0.15, 0.2) is 61.2 Å². The van der Waals surface area contributed by atoms with Gasteiger partial charge in [0, 0.05) is 12.4 Å². The molecule has 168 valence electrons. The number of hydrogen-bond acceptors (Lipinski definition) is 3. The molecule has 0 aliphatic heterocycles. The molecular weight excluding hydrogens is 410 g/mol. The zero-order valence-electron chi connectivity index (χ0n) is 18.8. The van der Waals surface area contributed by atoms with Crippen molar-refractivity contribution in [2.45, 2.75) is 51.6 Å². The number of amides is 1. The van der Waals surface area contributed by atoms with Crippen LogP contribution in [0.1, 0.15) is 49.9 Å². The van der Waals surface area contributed by atoms with Gasteiger partial charge in [-0.2, -0.15) is 0 Å². The lowest BCUT2D eigenvalue weighted by Gasteiger charge is -2.56. The third-order valence-electron chi connectivity index (χ3n) is 8.47. The van der Waals surface area contributed by atoms with Crippen LogP contribution in [0, 0.1) is 23.2 Å². The molecule has 4 aliphatic rings. The zero-order valence-corrected chi connectivity index (χ0v) is 18.8. The number of aromatic nitrogens is 4. The summed E-state index contributed by atoms with van der Waals surface area (Å²) in [5.41, 5.74) is 3.78. The highest BCUT2D eigenvalue weighted by Gasteiger charge is 2.55. The molecule has 0 unspecified atom stereocenters. The fourth-order valence-electron chi connectivity index (χ4n) is 7.50. The van der Waals surface area contributed by atoms with Gasteiger partial charge in [0.05, 0.1) is 42.3 Å². The van der Waals surface area contributed by atoms with Crippen molar-refractivity contribution in [1.82, 2.24) is 23.7 Å². The van der Waals surface area contributed by atoms with Gasteiger partial charge in [0.1, 0.15) is 11.3 Å². The topological polar surface area (TPSA) is 54.9 Å². The van der Waals surface area contributed by atoms with E-state index in [9.17, 15) is 4.79 Å². The third kappa shape index (κ3) is 3.10. The van der Waals surface area contributed by atoms with Gasteiger partial charge in [0.15, 0.2) is 0 Å². The van der Waals surface area contributed by atoms with E-state index in [0.29, 0.717) is 19.0 Å². The second kappa shape index (κ2) is 7.17. The molecule has 4 aliphatic carbocycles. The summed E-state index contributed by atoms with van der Waals surface area (Å²) in [5, 5.41) is 0. The summed E-state index contributed by atoms with van der Waals surface area (Å²) in [6, 6.07) is 12.1. The van der Waals surface area contributed by atoms with Crippen LogP contribution in [0.5, 0.6) is 0 Å². The lowest BCUT2D eigenvalue weighted by Crippen LogP contribution is -2.54. The Hall–Kier alpha value is -3.15. The first kappa shape index (κ1) is 19.3. The minimum absolute atomic E-state index is 0.171. The van der Waals surface area contributed by atoms with E-state index in [0.717, 1.165) is 59.7 Å². The number of carbonyl (C=O) groups is 1. The Bertz CT molecular complexity index is 1240. The molecule has 0 N–H and O–H groups in total. The van der Waals surface area contributed by atoms with E-state index < -0.39 is 0 Å². The van der Waals surface area contributed by atoms with Crippen LogP contribution < -0.4 is 0 Å². The Labute approximate surface area is 193 Å². The van der Waals surface area contributed by atoms with Crippen LogP contribution in [0.3, 0.4) is 0 Å². The molecule has 0 radical (unpaired) electrons. The van der Waals surface area contributed by atoms with Gasteiger partial charge in [0.25, 0.3) is 0 Å². The van der Waals surface area contributed by atoms with Crippen LogP contribution in [0.25, 0.3) is 11.3 Å². The van der Waals surface area contributed by atoms with E-state index >= 15 is 0 Å². The van der Waals surface area contributed by atoms with E-state index in [2.05, 4.69) is 23.7 Å². The maximum atomic E-state index is 14.4. The Kier molecular flexibility index (Phi) is 4.20. The first-order valence-electron chi connectivity index (χ1n) is 12.3. The number of fused-ring (bicyclic) bond motifs is 2. The average molecular weight is 440 g/mol. The number of hydrogen-bond donors (Lipinski definition) is 0. The molecule has 4 aromatic heterocycles. The van der Waals surface area contributed by atoms with Crippen molar-refractivity contribution in [2.75, 3.05) is 0 Å². The van der Waals surface area contributed by atoms with E-state index in [-0.39, 0.29) is 5.41 Å². The lowest BCUT2D eigenvalue weighted by atomic mass is 9.49. The quantitative estimate of drug-likeness (QED) is 0.452. The Morgan fingerprint density at radius 2 is 1.30 bits per heavy atom. The first-order chi connectivity index (χ1) is 16.2. The number of carbonyl (C=O) groups excluding carboxylic acids is 1. The lowest BCUT2D eigenvalue weighted by molar-refractivity contribution is -0.159. The van der Waals surface area contributed by atoms with Crippen molar-refractivity contribution < 1.29 is 4.79 Å². The molecular formula is C27H29N5O. The monoisotopic (exact) mass is 439 g/mol. The van der Waals surface area contributed by atoms with Crippen molar-refractivity contribution in [3.8, 4) is 0 Å². The summed E-state index contributed by atoms with van der Waals surface area (Å²) in [4.78, 5) is 25.6. The van der Waals surface area contributed by atoms with Crippen LogP contribution in [-0.4, -0.2) is 29.6 Å². The van der Waals surface area contributed by atoms with Gasteiger partial charge in [0.2, 0.25) is 5.91 Å². The molecule has 0 spiro atoms. The molecule has 6 nitrogen and oxygen atoms in total. The average Bonchev–Trinajstić information content (AvgIpc) is 3.42. The number of pyridine rings is 2. The minimum atomic E-state index is -0.171. The van der Waals surface area contributed by atoms with Crippen molar-refractivity contribution >= 4 is 17.2 Å². The minimum Gasteiger partial charge on any atom is -0.330 e. The molecule has 4 fully saturated rings. The highest BCUT2D eigenvalue weighted by atomic mass is 16.2. The van der Waals surface area contributed by atoms with Crippen molar-refractivity contribution in [3.63, 3.8) is 0 Å². The van der Waals surface area contributed by atoms with E-state index in [4.69, 9.17) is 0 Å². The number of nitrogens with zero attached hydrogens (tertiary/aromatic N) is 5. The van der Waals surface area contributed by atoms with Gasteiger partial charge in [-0.05, 0) is 80.5 Å². The van der Waals surface area contributed by atoms with Gasteiger partial charge in [-0.3, -0.25) is 4.79 Å². The van der Waals surface area contributed by atoms with E-state index in [1.165, 1.54) is 19.3 Å². The zero-order chi connectivity index (χ0) is 22.0. The maximum absolute atomic E-state index is 14.4. The number of imidazole rings is 2. The normalized spacial score (nSPS) is 28.1. The molecule has 6 heteroatoms. The summed E-state index contributed by atoms with van der Waals surface area (Å²) in [5.74, 6) is 2.58. The van der Waals surface area contributed by atoms with Gasteiger partial charge in [-0.25, -0.2) is 9.97 Å². The summed E-state index contributed by atoms with van der Waals surface area (Å²) in [7, 11) is 0. The van der Waals surface area contributed by atoms with Gasteiger partial charge < -0.3 is 13.7 Å². The van der Waals surface area contributed by atoms with Gasteiger partial charge in [-0.15, -0.1) is 0 Å². The largest absolute Gasteiger partial charge is 0.330 e. The van der Waals surface area contributed by atoms with E-state index in [1.54, 1.807) is 0 Å². The fraction of sp³-hybridized carbons (Fsp3) is 0.444. The molecule has 4 saturated carbocycles. The molecule has 0 saturated heterocycles. The third-order valence-corrected chi connectivity index (χ3v) is 8.47. The van der Waals surface area contributed by atoms with E-state index in [1.807, 2.05) is 61.2 Å². The molecule has 4 aromatic rings. The smallest absolute Gasteiger partial charge is 0.229 e. The first-order valence-corrected chi connectivity index (χ1v) is 12.3. The van der Waals surface area contributed by atoms with Crippen molar-refractivity contribution in [3.05, 3.63) is 72.6 Å². The van der Waals surface area contributed by atoms with Crippen LogP contribution in [0.2, 0.25) is 0 Å². The summed E-state index contributed by atoms with van der Waals surface area (Å²) >= 11 is 0. The highest BCUT2D eigenvalue weighted by Crippen LogP contribution is 2.60. The Morgan fingerprint density at radius 1 is 0.818 bits per heavy atom.